The fraction of sp³-hybridized carbons (Fsp3) is 0.625. The van der Waals surface area contributed by atoms with Gasteiger partial charge in [0, 0.05) is 12.3 Å². The van der Waals surface area contributed by atoms with E-state index in [-0.39, 0.29) is 16.9 Å². The van der Waals surface area contributed by atoms with Crippen LogP contribution in [-0.4, -0.2) is 33.1 Å². The van der Waals surface area contributed by atoms with Crippen molar-refractivity contribution in [3.63, 3.8) is 0 Å². The minimum absolute atomic E-state index is 0.0198. The van der Waals surface area contributed by atoms with E-state index in [9.17, 15) is 9.59 Å². The summed E-state index contributed by atoms with van der Waals surface area (Å²) < 4.78 is 5.95. The zero-order chi connectivity index (χ0) is 11.4. The molecule has 0 spiro atoms. The zero-order valence-corrected chi connectivity index (χ0v) is 9.63. The lowest BCUT2D eigenvalue weighted by Gasteiger charge is -2.07. The Hall–Kier alpha value is -1.24. The number of hydrogen-bond donors (Lipinski definition) is 1. The van der Waals surface area contributed by atoms with E-state index in [1.54, 1.807) is 7.05 Å². The van der Waals surface area contributed by atoms with Crippen molar-refractivity contribution < 1.29 is 9.53 Å². The van der Waals surface area contributed by atoms with Crippen LogP contribution in [0.4, 0.5) is 0 Å². The monoisotopic (exact) mass is 231 g/mol. The molecule has 0 radical (unpaired) electrons. The predicted octanol–water partition coefficient (Wildman–Crippen LogP) is 0.152. The van der Waals surface area contributed by atoms with Crippen LogP contribution in [0, 0.1) is 0 Å². The fourth-order valence-corrected chi connectivity index (χ4v) is 1.90. The summed E-state index contributed by atoms with van der Waals surface area (Å²) in [5, 5.41) is 6.74. The molecule has 6 nitrogen and oxygen atoms in total. The SMILES string of the molecule is COC(=O)CC(C)Sc1n[nH]c(=O)n1C. The molecule has 0 aromatic carbocycles. The molecule has 0 aliphatic heterocycles. The summed E-state index contributed by atoms with van der Waals surface area (Å²) in [6.07, 6.45) is 0.294. The topological polar surface area (TPSA) is 77.0 Å². The number of methoxy groups -OCH3 is 1. The van der Waals surface area contributed by atoms with Crippen LogP contribution >= 0.6 is 11.8 Å². The van der Waals surface area contributed by atoms with Crippen molar-refractivity contribution in [1.29, 1.82) is 0 Å². The van der Waals surface area contributed by atoms with Crippen molar-refractivity contribution in [2.45, 2.75) is 23.8 Å². The Bertz CT molecular complexity index is 398. The highest BCUT2D eigenvalue weighted by Gasteiger charge is 2.14. The van der Waals surface area contributed by atoms with Gasteiger partial charge in [0.05, 0.1) is 13.5 Å². The molecule has 0 saturated carbocycles. The van der Waals surface area contributed by atoms with Crippen LogP contribution in [0.1, 0.15) is 13.3 Å². The van der Waals surface area contributed by atoms with Gasteiger partial charge in [0.15, 0.2) is 5.16 Å². The molecule has 1 heterocycles. The molecule has 0 aliphatic rings. The third-order valence-electron chi connectivity index (χ3n) is 1.83. The van der Waals surface area contributed by atoms with Gasteiger partial charge in [-0.15, -0.1) is 5.10 Å². The van der Waals surface area contributed by atoms with E-state index < -0.39 is 0 Å². The van der Waals surface area contributed by atoms with E-state index in [1.165, 1.54) is 23.4 Å². The quantitative estimate of drug-likeness (QED) is 0.589. The number of rotatable bonds is 4. The normalized spacial score (nSPS) is 12.5. The molecule has 0 amide bonds. The number of aromatic amines is 1. The van der Waals surface area contributed by atoms with Gasteiger partial charge < -0.3 is 4.74 Å². The van der Waals surface area contributed by atoms with Crippen molar-refractivity contribution in [1.82, 2.24) is 14.8 Å². The van der Waals surface area contributed by atoms with Crippen LogP contribution in [0.15, 0.2) is 9.95 Å². The minimum Gasteiger partial charge on any atom is -0.469 e. The summed E-state index contributed by atoms with van der Waals surface area (Å²) in [4.78, 5) is 22.0. The number of hydrogen-bond acceptors (Lipinski definition) is 5. The van der Waals surface area contributed by atoms with Gasteiger partial charge in [-0.1, -0.05) is 18.7 Å². The highest BCUT2D eigenvalue weighted by Crippen LogP contribution is 2.21. The largest absolute Gasteiger partial charge is 0.469 e. The van der Waals surface area contributed by atoms with E-state index >= 15 is 0 Å². The van der Waals surface area contributed by atoms with Crippen molar-refractivity contribution in [2.75, 3.05) is 7.11 Å². The first-order valence-corrected chi connectivity index (χ1v) is 5.27. The molecule has 1 atom stereocenters. The number of H-pyrrole nitrogens is 1. The second-order valence-electron chi connectivity index (χ2n) is 3.08. The lowest BCUT2D eigenvalue weighted by molar-refractivity contribution is -0.140. The third kappa shape index (κ3) is 3.12. The lowest BCUT2D eigenvalue weighted by atomic mass is 10.3. The van der Waals surface area contributed by atoms with E-state index in [0.29, 0.717) is 11.6 Å². The van der Waals surface area contributed by atoms with Gasteiger partial charge in [0.25, 0.3) is 0 Å². The van der Waals surface area contributed by atoms with Crippen molar-refractivity contribution in [3.8, 4) is 0 Å². The van der Waals surface area contributed by atoms with Crippen molar-refractivity contribution in [2.24, 2.45) is 7.05 Å². The summed E-state index contributed by atoms with van der Waals surface area (Å²) in [6.45, 7) is 1.88. The van der Waals surface area contributed by atoms with Crippen LogP contribution in [-0.2, 0) is 16.6 Å². The highest BCUT2D eigenvalue weighted by molar-refractivity contribution is 7.99. The number of carbonyl (C=O) groups is 1. The Morgan fingerprint density at radius 1 is 1.73 bits per heavy atom. The molecule has 7 heteroatoms. The van der Waals surface area contributed by atoms with Crippen molar-refractivity contribution in [3.05, 3.63) is 10.5 Å². The number of nitrogens with zero attached hydrogens (tertiary/aromatic N) is 2. The molecule has 0 saturated heterocycles. The van der Waals surface area contributed by atoms with E-state index in [2.05, 4.69) is 14.9 Å². The summed E-state index contributed by atoms with van der Waals surface area (Å²) >= 11 is 1.35. The Morgan fingerprint density at radius 2 is 2.40 bits per heavy atom. The Morgan fingerprint density at radius 3 is 2.87 bits per heavy atom. The Labute approximate surface area is 91.0 Å². The number of nitrogens with one attached hydrogen (secondary N) is 1. The predicted molar refractivity (Wildman–Crippen MR) is 55.8 cm³/mol. The molecule has 1 N–H and O–H groups in total. The molecule has 1 rings (SSSR count). The molecule has 0 bridgehead atoms. The maximum atomic E-state index is 11.0. The van der Waals surface area contributed by atoms with Gasteiger partial charge in [0.2, 0.25) is 0 Å². The van der Waals surface area contributed by atoms with Gasteiger partial charge in [-0.05, 0) is 0 Å². The van der Waals surface area contributed by atoms with E-state index in [0.717, 1.165) is 0 Å². The summed E-state index contributed by atoms with van der Waals surface area (Å²) in [5.41, 5.74) is -0.261. The van der Waals surface area contributed by atoms with E-state index in [1.807, 2.05) is 6.92 Å². The molecule has 0 aliphatic carbocycles. The maximum absolute atomic E-state index is 11.0. The Kier molecular flexibility index (Phi) is 3.96. The smallest absolute Gasteiger partial charge is 0.343 e. The minimum atomic E-state index is -0.268. The molecule has 1 unspecified atom stereocenters. The van der Waals surface area contributed by atoms with Gasteiger partial charge in [-0.2, -0.15) is 0 Å². The zero-order valence-electron chi connectivity index (χ0n) is 8.81. The maximum Gasteiger partial charge on any atom is 0.343 e. The fourth-order valence-electron chi connectivity index (χ4n) is 0.978. The molecule has 84 valence electrons. The summed E-state index contributed by atoms with van der Waals surface area (Å²) in [7, 11) is 2.98. The average Bonchev–Trinajstić information content (AvgIpc) is 2.49. The average molecular weight is 231 g/mol. The van der Waals surface area contributed by atoms with Crippen LogP contribution < -0.4 is 5.69 Å². The van der Waals surface area contributed by atoms with Crippen LogP contribution in [0.25, 0.3) is 0 Å². The van der Waals surface area contributed by atoms with Crippen LogP contribution in [0.5, 0.6) is 0 Å². The lowest BCUT2D eigenvalue weighted by Crippen LogP contribution is -2.14. The standard InChI is InChI=1S/C8H13N3O3S/c1-5(4-6(12)14-3)15-8-10-9-7(13)11(8)2/h5H,4H2,1-3H3,(H,9,13). The van der Waals surface area contributed by atoms with Gasteiger partial charge in [-0.25, -0.2) is 9.89 Å². The molecule has 1 aromatic rings. The van der Waals surface area contributed by atoms with Crippen molar-refractivity contribution >= 4 is 17.7 Å². The molecular weight excluding hydrogens is 218 g/mol. The second kappa shape index (κ2) is 5.01. The molecule has 15 heavy (non-hydrogen) atoms. The number of esters is 1. The first kappa shape index (κ1) is 11.8. The number of carbonyl (C=O) groups excluding carboxylic acids is 1. The molecule has 1 aromatic heterocycles. The first-order chi connectivity index (χ1) is 7.04. The van der Waals surface area contributed by atoms with Gasteiger partial charge >= 0.3 is 11.7 Å². The second-order valence-corrected chi connectivity index (χ2v) is 4.48. The number of ether oxygens (including phenoxy) is 1. The number of thioether (sulfide) groups is 1. The first-order valence-electron chi connectivity index (χ1n) is 4.39. The number of aromatic nitrogens is 3. The highest BCUT2D eigenvalue weighted by atomic mass is 32.2. The summed E-state index contributed by atoms with van der Waals surface area (Å²) in [6, 6.07) is 0. The molecule has 0 fully saturated rings. The van der Waals surface area contributed by atoms with E-state index in [4.69, 9.17) is 0 Å². The third-order valence-corrected chi connectivity index (χ3v) is 2.97. The van der Waals surface area contributed by atoms with Crippen LogP contribution in [0.3, 0.4) is 0 Å². The Balaban J connectivity index is 2.58. The molecular formula is C8H13N3O3S. The van der Waals surface area contributed by atoms with Gasteiger partial charge in [-0.3, -0.25) is 9.36 Å². The summed E-state index contributed by atoms with van der Waals surface area (Å²) in [5.74, 6) is -0.268. The van der Waals surface area contributed by atoms with Gasteiger partial charge in [0.1, 0.15) is 0 Å². The van der Waals surface area contributed by atoms with Crippen LogP contribution in [0.2, 0.25) is 0 Å².